The van der Waals surface area contributed by atoms with Gasteiger partial charge in [-0.05, 0) is 38.5 Å². The van der Waals surface area contributed by atoms with Crippen molar-refractivity contribution in [3.8, 4) is 5.75 Å². The molecule has 2 heterocycles. The maximum atomic E-state index is 12.7. The lowest BCUT2D eigenvalue weighted by Crippen LogP contribution is -2.40. The number of benzene rings is 1. The number of esters is 2. The van der Waals surface area contributed by atoms with Crippen LogP contribution in [0.4, 0.5) is 0 Å². The molecular weight excluding hydrogens is 368 g/mol. The van der Waals surface area contributed by atoms with Crippen LogP contribution in [0.15, 0.2) is 40.5 Å². The summed E-state index contributed by atoms with van der Waals surface area (Å²) in [6.45, 7) is 6.83. The van der Waals surface area contributed by atoms with Crippen molar-refractivity contribution >= 4 is 34.8 Å². The summed E-state index contributed by atoms with van der Waals surface area (Å²) in [5.74, 6) is -0.631. The van der Waals surface area contributed by atoms with E-state index in [-0.39, 0.29) is 17.8 Å². The summed E-state index contributed by atoms with van der Waals surface area (Å²) >= 11 is 1.37. The molecule has 8 heteroatoms. The molecule has 3 rings (SSSR count). The Bertz CT molecular complexity index is 859. The molecule has 2 aliphatic heterocycles. The maximum Gasteiger partial charge on any atom is 0.338 e. The number of hydrogen-bond donors (Lipinski definition) is 0. The molecule has 0 radical (unpaired) electrons. The second kappa shape index (κ2) is 7.56. The minimum absolute atomic E-state index is 0.109. The number of hydrogen-bond acceptors (Lipinski definition) is 7. The number of thioether (sulfide) groups is 1. The first-order chi connectivity index (χ1) is 12.8. The number of rotatable bonds is 4. The molecule has 7 nitrogen and oxygen atoms in total. The molecule has 0 bridgehead atoms. The van der Waals surface area contributed by atoms with E-state index in [9.17, 15) is 14.4 Å². The van der Waals surface area contributed by atoms with E-state index in [2.05, 4.69) is 4.99 Å². The molecule has 1 fully saturated rings. The molecule has 0 aliphatic carbocycles. The van der Waals surface area contributed by atoms with E-state index in [1.54, 1.807) is 43.0 Å². The van der Waals surface area contributed by atoms with Crippen molar-refractivity contribution in [2.45, 2.75) is 39.0 Å². The number of allylic oxidation sites excluding steroid dienone is 1. The van der Waals surface area contributed by atoms with Crippen molar-refractivity contribution in [2.24, 2.45) is 4.99 Å². The van der Waals surface area contributed by atoms with Crippen molar-refractivity contribution < 1.29 is 23.9 Å². The first-order valence-corrected chi connectivity index (χ1v) is 9.46. The van der Waals surface area contributed by atoms with E-state index in [1.165, 1.54) is 18.7 Å². The van der Waals surface area contributed by atoms with Crippen molar-refractivity contribution in [3.05, 3.63) is 41.1 Å². The van der Waals surface area contributed by atoms with Gasteiger partial charge in [0.2, 0.25) is 5.91 Å². The van der Waals surface area contributed by atoms with Crippen LogP contribution in [0.25, 0.3) is 0 Å². The van der Waals surface area contributed by atoms with Gasteiger partial charge >= 0.3 is 11.9 Å². The van der Waals surface area contributed by atoms with E-state index in [0.29, 0.717) is 27.8 Å². The number of aliphatic imine (C=N–C) groups is 1. The fraction of sp³-hybridized carbons (Fsp3) is 0.368. The van der Waals surface area contributed by atoms with Crippen LogP contribution in [-0.2, 0) is 19.1 Å². The lowest BCUT2D eigenvalue weighted by molar-refractivity contribution is -0.139. The van der Waals surface area contributed by atoms with Gasteiger partial charge in [-0.3, -0.25) is 14.5 Å². The minimum atomic E-state index is -0.632. The Labute approximate surface area is 161 Å². The SMILES string of the molecule is CCOC(=O)C1=C(C)N=C2S[C@@H](C)C(=O)N2[C@@H]1c1ccc(OC(C)=O)cc1. The lowest BCUT2D eigenvalue weighted by atomic mass is 9.94. The first kappa shape index (κ1) is 19.2. The topological polar surface area (TPSA) is 85.3 Å². The molecule has 0 aromatic heterocycles. The standard InChI is InChI=1S/C19H20N2O5S/c1-5-25-18(24)15-10(2)20-19-21(17(23)11(3)27-19)16(15)13-6-8-14(9-7-13)26-12(4)22/h6-9,11,16H,5H2,1-4H3/t11-,16+/m0/s1. The summed E-state index contributed by atoms with van der Waals surface area (Å²) < 4.78 is 10.3. The quantitative estimate of drug-likeness (QED) is 0.582. The number of amides is 1. The van der Waals surface area contributed by atoms with Gasteiger partial charge in [0.25, 0.3) is 0 Å². The molecule has 0 spiro atoms. The summed E-state index contributed by atoms with van der Waals surface area (Å²) in [7, 11) is 0. The van der Waals surface area contributed by atoms with Crippen LogP contribution in [-0.4, -0.2) is 39.8 Å². The summed E-state index contributed by atoms with van der Waals surface area (Å²) in [5, 5.41) is 0.299. The van der Waals surface area contributed by atoms with Gasteiger partial charge in [-0.1, -0.05) is 23.9 Å². The molecule has 2 atom stereocenters. The van der Waals surface area contributed by atoms with Gasteiger partial charge in [0.1, 0.15) is 5.75 Å². The van der Waals surface area contributed by atoms with Crippen LogP contribution in [0.1, 0.15) is 39.3 Å². The molecular formula is C19H20N2O5S. The number of carbonyl (C=O) groups excluding carboxylic acids is 3. The third-order valence-electron chi connectivity index (χ3n) is 4.21. The largest absolute Gasteiger partial charge is 0.463 e. The molecule has 2 aliphatic rings. The van der Waals surface area contributed by atoms with Crippen molar-refractivity contribution in [1.82, 2.24) is 4.90 Å². The second-order valence-corrected chi connectivity index (χ2v) is 7.46. The fourth-order valence-corrected chi connectivity index (χ4v) is 4.10. The molecule has 0 N–H and O–H groups in total. The van der Waals surface area contributed by atoms with Crippen molar-refractivity contribution in [1.29, 1.82) is 0 Å². The highest BCUT2D eigenvalue weighted by Crippen LogP contribution is 2.43. The summed E-state index contributed by atoms with van der Waals surface area (Å²) in [4.78, 5) is 42.5. The predicted octanol–water partition coefficient (Wildman–Crippen LogP) is 2.82. The van der Waals surface area contributed by atoms with Crippen LogP contribution in [0.2, 0.25) is 0 Å². The highest BCUT2D eigenvalue weighted by atomic mass is 32.2. The highest BCUT2D eigenvalue weighted by Gasteiger charge is 2.46. The molecule has 142 valence electrons. The third kappa shape index (κ3) is 3.62. The van der Waals surface area contributed by atoms with Crippen LogP contribution in [0.3, 0.4) is 0 Å². The van der Waals surface area contributed by atoms with Crippen LogP contribution in [0, 0.1) is 0 Å². The monoisotopic (exact) mass is 388 g/mol. The minimum Gasteiger partial charge on any atom is -0.463 e. The fourth-order valence-electron chi connectivity index (χ4n) is 3.07. The maximum absolute atomic E-state index is 12.7. The van der Waals surface area contributed by atoms with Crippen molar-refractivity contribution in [2.75, 3.05) is 6.61 Å². The van der Waals surface area contributed by atoms with Gasteiger partial charge in [-0.15, -0.1) is 0 Å². The summed E-state index contributed by atoms with van der Waals surface area (Å²) in [6, 6.07) is 6.11. The van der Waals surface area contributed by atoms with Crippen LogP contribution >= 0.6 is 11.8 Å². The normalized spacial score (nSPS) is 21.7. The average molecular weight is 388 g/mol. The molecule has 1 aromatic carbocycles. The summed E-state index contributed by atoms with van der Waals surface area (Å²) in [5.41, 5.74) is 1.58. The van der Waals surface area contributed by atoms with Gasteiger partial charge in [0.15, 0.2) is 5.17 Å². The zero-order chi connectivity index (χ0) is 19.7. The molecule has 1 saturated heterocycles. The van der Waals surface area contributed by atoms with Gasteiger partial charge in [0.05, 0.1) is 29.2 Å². The number of carbonyl (C=O) groups is 3. The molecule has 27 heavy (non-hydrogen) atoms. The Morgan fingerprint density at radius 3 is 2.52 bits per heavy atom. The Balaban J connectivity index is 2.06. The number of fused-ring (bicyclic) bond motifs is 1. The Morgan fingerprint density at radius 1 is 1.26 bits per heavy atom. The number of nitrogens with zero attached hydrogens (tertiary/aromatic N) is 2. The number of amidine groups is 1. The molecule has 0 saturated carbocycles. The van der Waals surface area contributed by atoms with Crippen molar-refractivity contribution in [3.63, 3.8) is 0 Å². The lowest BCUT2D eigenvalue weighted by Gasteiger charge is -2.33. The zero-order valence-corrected chi connectivity index (χ0v) is 16.3. The number of ether oxygens (including phenoxy) is 2. The van der Waals surface area contributed by atoms with E-state index in [4.69, 9.17) is 9.47 Å². The van der Waals surface area contributed by atoms with Gasteiger partial charge < -0.3 is 9.47 Å². The van der Waals surface area contributed by atoms with Gasteiger partial charge in [-0.25, -0.2) is 9.79 Å². The summed E-state index contributed by atoms with van der Waals surface area (Å²) in [6.07, 6.45) is 0. The first-order valence-electron chi connectivity index (χ1n) is 8.58. The second-order valence-electron chi connectivity index (χ2n) is 6.15. The average Bonchev–Trinajstić information content (AvgIpc) is 2.88. The van der Waals surface area contributed by atoms with Crippen LogP contribution < -0.4 is 4.74 Å². The zero-order valence-electron chi connectivity index (χ0n) is 15.5. The highest BCUT2D eigenvalue weighted by molar-refractivity contribution is 8.15. The third-order valence-corrected chi connectivity index (χ3v) is 5.26. The van der Waals surface area contributed by atoms with Gasteiger partial charge in [-0.2, -0.15) is 0 Å². The Morgan fingerprint density at radius 2 is 1.93 bits per heavy atom. The predicted molar refractivity (Wildman–Crippen MR) is 101 cm³/mol. The van der Waals surface area contributed by atoms with E-state index < -0.39 is 18.0 Å². The Hall–Kier alpha value is -2.61. The molecule has 1 aromatic rings. The smallest absolute Gasteiger partial charge is 0.338 e. The van der Waals surface area contributed by atoms with E-state index in [0.717, 1.165) is 0 Å². The van der Waals surface area contributed by atoms with E-state index in [1.807, 2.05) is 6.92 Å². The molecule has 1 amide bonds. The van der Waals surface area contributed by atoms with Gasteiger partial charge in [0, 0.05) is 6.92 Å². The van der Waals surface area contributed by atoms with Crippen LogP contribution in [0.5, 0.6) is 5.75 Å². The molecule has 0 unspecified atom stereocenters. The Kier molecular flexibility index (Phi) is 5.36. The van der Waals surface area contributed by atoms with E-state index >= 15 is 0 Å².